The second-order valence-electron chi connectivity index (χ2n) is 9.19. The van der Waals surface area contributed by atoms with Gasteiger partial charge in [-0.15, -0.1) is 11.3 Å². The summed E-state index contributed by atoms with van der Waals surface area (Å²) in [6.07, 6.45) is 14.1. The van der Waals surface area contributed by atoms with Gasteiger partial charge in [-0.25, -0.2) is 4.79 Å². The van der Waals surface area contributed by atoms with E-state index in [0.717, 1.165) is 37.0 Å². The molecular weight excluding hydrogens is 458 g/mol. The number of aliphatic hydroxyl groups is 1. The number of thiophene rings is 1. The molecule has 1 saturated heterocycles. The van der Waals surface area contributed by atoms with Crippen molar-refractivity contribution in [3.05, 3.63) is 76.0 Å². The standard InChI is InChI=1S/C29H37NO4S/c1-22(10-5-3-6-11-23-12-7-4-8-13-23)26(31)18-15-24-16-20-28(32)30(24)21-9-14-25-17-19-27(35-25)29(33)34-2/h4,7-9,12-15,17-19,22,24,26,31H,3,5-6,10-11,16,20-21H2,1-2H3/b14-9?,18-15-/t22-,24-,26-/m0/s1. The predicted octanol–water partition coefficient (Wildman–Crippen LogP) is 5.90. The van der Waals surface area contributed by atoms with E-state index in [1.54, 1.807) is 6.07 Å². The van der Waals surface area contributed by atoms with Gasteiger partial charge >= 0.3 is 5.97 Å². The predicted molar refractivity (Wildman–Crippen MR) is 142 cm³/mol. The van der Waals surface area contributed by atoms with Crippen LogP contribution in [0.15, 0.2) is 60.7 Å². The second kappa shape index (κ2) is 14.0. The van der Waals surface area contributed by atoms with Crippen molar-refractivity contribution in [2.45, 2.75) is 64.0 Å². The van der Waals surface area contributed by atoms with Crippen molar-refractivity contribution in [1.29, 1.82) is 0 Å². The van der Waals surface area contributed by atoms with Crippen LogP contribution in [0.3, 0.4) is 0 Å². The van der Waals surface area contributed by atoms with Crippen LogP contribution in [0.2, 0.25) is 0 Å². The Hall–Kier alpha value is -2.70. The Labute approximate surface area is 213 Å². The van der Waals surface area contributed by atoms with Crippen molar-refractivity contribution in [1.82, 2.24) is 4.90 Å². The second-order valence-corrected chi connectivity index (χ2v) is 10.3. The summed E-state index contributed by atoms with van der Waals surface area (Å²) in [5, 5.41) is 10.6. The van der Waals surface area contributed by atoms with Gasteiger partial charge in [-0.3, -0.25) is 4.79 Å². The Bertz CT molecular complexity index is 997. The van der Waals surface area contributed by atoms with Crippen LogP contribution < -0.4 is 0 Å². The molecule has 1 aliphatic heterocycles. The minimum atomic E-state index is -0.500. The van der Waals surface area contributed by atoms with Gasteiger partial charge in [-0.1, -0.05) is 68.3 Å². The maximum atomic E-state index is 12.4. The summed E-state index contributed by atoms with van der Waals surface area (Å²) in [6.45, 7) is 2.60. The monoisotopic (exact) mass is 495 g/mol. The number of unbranched alkanes of at least 4 members (excludes halogenated alkanes) is 2. The molecule has 5 nitrogen and oxygen atoms in total. The fourth-order valence-electron chi connectivity index (χ4n) is 4.35. The molecule has 0 radical (unpaired) electrons. The van der Waals surface area contributed by atoms with Gasteiger partial charge in [0.05, 0.1) is 19.3 Å². The number of ether oxygens (including phenoxy) is 1. The van der Waals surface area contributed by atoms with Crippen LogP contribution >= 0.6 is 11.3 Å². The highest BCUT2D eigenvalue weighted by molar-refractivity contribution is 7.14. The van der Waals surface area contributed by atoms with Crippen LogP contribution in [-0.4, -0.2) is 47.7 Å². The lowest BCUT2D eigenvalue weighted by atomic mass is 9.95. The number of amides is 1. The normalized spacial score (nSPS) is 18.0. The van der Waals surface area contributed by atoms with Crippen LogP contribution in [0.5, 0.6) is 0 Å². The van der Waals surface area contributed by atoms with Gasteiger partial charge in [0.2, 0.25) is 5.91 Å². The minimum Gasteiger partial charge on any atom is -0.465 e. The molecule has 0 aliphatic carbocycles. The third kappa shape index (κ3) is 8.48. The van der Waals surface area contributed by atoms with E-state index >= 15 is 0 Å². The van der Waals surface area contributed by atoms with Crippen molar-refractivity contribution < 1.29 is 19.4 Å². The largest absolute Gasteiger partial charge is 0.465 e. The summed E-state index contributed by atoms with van der Waals surface area (Å²) in [6, 6.07) is 14.2. The summed E-state index contributed by atoms with van der Waals surface area (Å²) in [5.74, 6) is -0.0162. The molecule has 0 unspecified atom stereocenters. The average Bonchev–Trinajstić information content (AvgIpc) is 3.49. The molecule has 1 N–H and O–H groups in total. The fourth-order valence-corrected chi connectivity index (χ4v) is 5.20. The number of carbonyl (C=O) groups is 2. The number of hydrogen-bond acceptors (Lipinski definition) is 5. The number of esters is 1. The van der Waals surface area contributed by atoms with E-state index in [2.05, 4.69) is 31.2 Å². The van der Waals surface area contributed by atoms with E-state index in [1.165, 1.54) is 30.4 Å². The molecule has 1 fully saturated rings. The molecule has 3 rings (SSSR count). The van der Waals surface area contributed by atoms with Gasteiger partial charge in [0.15, 0.2) is 0 Å². The van der Waals surface area contributed by atoms with Crippen LogP contribution in [0.25, 0.3) is 6.08 Å². The molecule has 35 heavy (non-hydrogen) atoms. The van der Waals surface area contributed by atoms with E-state index in [4.69, 9.17) is 4.74 Å². The zero-order chi connectivity index (χ0) is 25.0. The smallest absolute Gasteiger partial charge is 0.348 e. The summed E-state index contributed by atoms with van der Waals surface area (Å²) >= 11 is 1.36. The van der Waals surface area contributed by atoms with Gasteiger partial charge < -0.3 is 14.7 Å². The van der Waals surface area contributed by atoms with Crippen LogP contribution in [0, 0.1) is 5.92 Å². The molecule has 1 amide bonds. The number of aryl methyl sites for hydroxylation is 1. The molecule has 2 aromatic rings. The van der Waals surface area contributed by atoms with E-state index in [9.17, 15) is 14.7 Å². The number of carbonyl (C=O) groups excluding carboxylic acids is 2. The lowest BCUT2D eigenvalue weighted by molar-refractivity contribution is -0.127. The first kappa shape index (κ1) is 26.9. The minimum absolute atomic E-state index is 0.00818. The lowest BCUT2D eigenvalue weighted by Crippen LogP contribution is -2.32. The van der Waals surface area contributed by atoms with Gasteiger partial charge in [0.1, 0.15) is 4.88 Å². The molecule has 1 aromatic carbocycles. The molecular formula is C29H37NO4S. The Balaban J connectivity index is 1.41. The number of rotatable bonds is 13. The van der Waals surface area contributed by atoms with Crippen LogP contribution in [0.4, 0.5) is 0 Å². The first-order valence-electron chi connectivity index (χ1n) is 12.5. The Morgan fingerprint density at radius 1 is 1.20 bits per heavy atom. The number of aliphatic hydroxyl groups excluding tert-OH is 1. The third-order valence-electron chi connectivity index (χ3n) is 6.55. The molecule has 3 atom stereocenters. The maximum Gasteiger partial charge on any atom is 0.348 e. The van der Waals surface area contributed by atoms with E-state index < -0.39 is 6.10 Å². The summed E-state index contributed by atoms with van der Waals surface area (Å²) in [4.78, 5) is 27.3. The molecule has 6 heteroatoms. The maximum absolute atomic E-state index is 12.4. The highest BCUT2D eigenvalue weighted by atomic mass is 32.1. The number of benzene rings is 1. The Morgan fingerprint density at radius 3 is 2.77 bits per heavy atom. The van der Waals surface area contributed by atoms with Crippen molar-refractivity contribution in [2.24, 2.45) is 5.92 Å². The third-order valence-corrected chi connectivity index (χ3v) is 7.58. The molecule has 0 spiro atoms. The first-order valence-corrected chi connectivity index (χ1v) is 13.3. The molecule has 1 aromatic heterocycles. The van der Waals surface area contributed by atoms with Crippen LogP contribution in [0.1, 0.15) is 65.6 Å². The zero-order valence-corrected chi connectivity index (χ0v) is 21.6. The van der Waals surface area contributed by atoms with E-state index in [0.29, 0.717) is 17.8 Å². The van der Waals surface area contributed by atoms with Crippen molar-refractivity contribution in [3.63, 3.8) is 0 Å². The van der Waals surface area contributed by atoms with Gasteiger partial charge in [0.25, 0.3) is 0 Å². The van der Waals surface area contributed by atoms with Gasteiger partial charge in [-0.05, 0) is 55.4 Å². The van der Waals surface area contributed by atoms with Gasteiger partial charge in [-0.2, -0.15) is 0 Å². The molecule has 2 heterocycles. The average molecular weight is 496 g/mol. The lowest BCUT2D eigenvalue weighted by Gasteiger charge is -2.22. The number of methoxy groups -OCH3 is 1. The molecule has 0 bridgehead atoms. The summed E-state index contributed by atoms with van der Waals surface area (Å²) < 4.78 is 4.74. The van der Waals surface area contributed by atoms with Crippen LogP contribution in [-0.2, 0) is 16.0 Å². The number of likely N-dealkylation sites (tertiary alicyclic amines) is 1. The molecule has 0 saturated carbocycles. The Morgan fingerprint density at radius 2 is 2.00 bits per heavy atom. The fraction of sp³-hybridized carbons (Fsp3) is 0.448. The summed E-state index contributed by atoms with van der Waals surface area (Å²) in [7, 11) is 1.37. The first-order chi connectivity index (χ1) is 17.0. The topological polar surface area (TPSA) is 66.8 Å². The van der Waals surface area contributed by atoms with E-state index in [-0.39, 0.29) is 23.8 Å². The van der Waals surface area contributed by atoms with Crippen molar-refractivity contribution in [2.75, 3.05) is 13.7 Å². The number of nitrogens with zero attached hydrogens (tertiary/aromatic N) is 1. The van der Waals surface area contributed by atoms with Crippen molar-refractivity contribution in [3.8, 4) is 0 Å². The highest BCUT2D eigenvalue weighted by Gasteiger charge is 2.28. The van der Waals surface area contributed by atoms with Crippen molar-refractivity contribution >= 4 is 29.3 Å². The highest BCUT2D eigenvalue weighted by Crippen LogP contribution is 2.23. The van der Waals surface area contributed by atoms with Gasteiger partial charge in [0, 0.05) is 17.8 Å². The SMILES string of the molecule is COC(=O)c1ccc(C=CCN2C(=O)CC[C@@H]2/C=C\[C@H](O)[C@@H](C)CCCCCc2ccccc2)s1. The Kier molecular flexibility index (Phi) is 10.8. The number of hydrogen-bond donors (Lipinski definition) is 1. The zero-order valence-electron chi connectivity index (χ0n) is 20.8. The molecule has 1 aliphatic rings. The quantitative estimate of drug-likeness (QED) is 0.214. The molecule has 188 valence electrons. The summed E-state index contributed by atoms with van der Waals surface area (Å²) in [5.41, 5.74) is 1.38. The van der Waals surface area contributed by atoms with E-state index in [1.807, 2.05) is 41.3 Å².